The van der Waals surface area contributed by atoms with E-state index < -0.39 is 10.0 Å². The summed E-state index contributed by atoms with van der Waals surface area (Å²) >= 11 is 0. The number of benzene rings is 2. The van der Waals surface area contributed by atoms with E-state index in [9.17, 15) is 13.2 Å². The van der Waals surface area contributed by atoms with E-state index in [1.54, 1.807) is 32.9 Å². The number of sulfonamides is 1. The Kier molecular flexibility index (Phi) is 7.66. The van der Waals surface area contributed by atoms with Crippen LogP contribution in [0.4, 0.5) is 0 Å². The molecule has 1 atom stereocenters. The van der Waals surface area contributed by atoms with Gasteiger partial charge in [-0.3, -0.25) is 4.79 Å². The molecule has 2 N–H and O–H groups in total. The van der Waals surface area contributed by atoms with Gasteiger partial charge in [0.15, 0.2) is 6.61 Å². The fraction of sp³-hybridized carbons (Fsp3) is 0.435. The number of nitrogens with one attached hydrogen (secondary N) is 2. The lowest BCUT2D eigenvalue weighted by Crippen LogP contribution is -2.32. The normalized spacial score (nSPS) is 12.7. The van der Waals surface area contributed by atoms with Crippen LogP contribution in [0.2, 0.25) is 0 Å². The zero-order chi connectivity index (χ0) is 22.6. The third-order valence-corrected chi connectivity index (χ3v) is 6.59. The summed E-state index contributed by atoms with van der Waals surface area (Å²) in [4.78, 5) is 12.6. The van der Waals surface area contributed by atoms with Crippen LogP contribution in [0.15, 0.2) is 35.2 Å². The molecule has 0 spiro atoms. The lowest BCUT2D eigenvalue weighted by atomic mass is 9.96. The van der Waals surface area contributed by atoms with Gasteiger partial charge in [0.2, 0.25) is 10.0 Å². The molecule has 6 nitrogen and oxygen atoms in total. The minimum Gasteiger partial charge on any atom is -0.484 e. The van der Waals surface area contributed by atoms with Crippen LogP contribution in [0, 0.1) is 27.7 Å². The van der Waals surface area contributed by atoms with Gasteiger partial charge in [0.1, 0.15) is 5.75 Å². The minimum absolute atomic E-state index is 0.142. The summed E-state index contributed by atoms with van der Waals surface area (Å²) in [6.45, 7) is 13.2. The molecule has 0 heterocycles. The topological polar surface area (TPSA) is 84.5 Å². The molecule has 30 heavy (non-hydrogen) atoms. The van der Waals surface area contributed by atoms with Crippen molar-refractivity contribution in [1.29, 1.82) is 0 Å². The summed E-state index contributed by atoms with van der Waals surface area (Å²) in [5.74, 6) is 0.237. The number of hydrogen-bond acceptors (Lipinski definition) is 4. The molecule has 0 fully saturated rings. The number of aryl methyl sites for hydroxylation is 4. The smallest absolute Gasteiger partial charge is 0.258 e. The maximum Gasteiger partial charge on any atom is 0.258 e. The number of ether oxygens (including phenoxy) is 1. The van der Waals surface area contributed by atoms with E-state index >= 15 is 0 Å². The predicted molar refractivity (Wildman–Crippen MR) is 119 cm³/mol. The van der Waals surface area contributed by atoms with Crippen molar-refractivity contribution in [2.45, 2.75) is 65.4 Å². The third kappa shape index (κ3) is 6.06. The molecular weight excluding hydrogens is 400 g/mol. The molecule has 2 aromatic rings. The Labute approximate surface area is 180 Å². The first-order valence-electron chi connectivity index (χ1n) is 10.0. The molecule has 0 aliphatic carbocycles. The molecule has 0 aromatic heterocycles. The Morgan fingerprint density at radius 1 is 0.933 bits per heavy atom. The van der Waals surface area contributed by atoms with Crippen LogP contribution < -0.4 is 14.8 Å². The van der Waals surface area contributed by atoms with Crippen LogP contribution in [0.3, 0.4) is 0 Å². The Bertz CT molecular complexity index is 1030. The van der Waals surface area contributed by atoms with Crippen molar-refractivity contribution >= 4 is 15.9 Å². The number of carbonyl (C=O) groups is 1. The van der Waals surface area contributed by atoms with Crippen molar-refractivity contribution in [1.82, 2.24) is 10.0 Å². The van der Waals surface area contributed by atoms with Gasteiger partial charge in [-0.15, -0.1) is 0 Å². The fourth-order valence-corrected chi connectivity index (χ4v) is 4.62. The molecule has 0 saturated heterocycles. The first-order valence-corrected chi connectivity index (χ1v) is 11.5. The van der Waals surface area contributed by atoms with E-state index in [1.165, 1.54) is 17.2 Å². The quantitative estimate of drug-likeness (QED) is 0.663. The highest BCUT2D eigenvalue weighted by Gasteiger charge is 2.17. The van der Waals surface area contributed by atoms with Gasteiger partial charge < -0.3 is 10.1 Å². The fourth-order valence-electron chi connectivity index (χ4n) is 3.28. The van der Waals surface area contributed by atoms with Crippen LogP contribution in [0.25, 0.3) is 0 Å². The van der Waals surface area contributed by atoms with E-state index in [0.717, 1.165) is 11.1 Å². The van der Waals surface area contributed by atoms with Crippen molar-refractivity contribution in [3.05, 3.63) is 58.1 Å². The SMILES string of the molecule is Cc1cc(C)c([C@@H](C)NC(=O)COc2ccc(S(=O)(=O)NC(C)C)cc2C)cc1C. The maximum absolute atomic E-state index is 12.4. The van der Waals surface area contributed by atoms with E-state index in [0.29, 0.717) is 11.3 Å². The summed E-state index contributed by atoms with van der Waals surface area (Å²) < 4.78 is 32.7. The van der Waals surface area contributed by atoms with E-state index in [-0.39, 0.29) is 29.5 Å². The molecule has 0 radical (unpaired) electrons. The minimum atomic E-state index is -3.57. The van der Waals surface area contributed by atoms with Crippen LogP contribution in [0.1, 0.15) is 54.6 Å². The van der Waals surface area contributed by atoms with Crippen molar-refractivity contribution in [2.75, 3.05) is 6.61 Å². The van der Waals surface area contributed by atoms with Gasteiger partial charge in [0, 0.05) is 6.04 Å². The van der Waals surface area contributed by atoms with Gasteiger partial charge in [-0.05, 0) is 94.5 Å². The number of amides is 1. The van der Waals surface area contributed by atoms with Gasteiger partial charge in [-0.25, -0.2) is 13.1 Å². The molecule has 164 valence electrons. The second-order valence-electron chi connectivity index (χ2n) is 8.07. The summed E-state index contributed by atoms with van der Waals surface area (Å²) in [5, 5.41) is 2.96. The molecule has 2 rings (SSSR count). The second-order valence-corrected chi connectivity index (χ2v) is 9.79. The molecular formula is C23H32N2O4S. The van der Waals surface area contributed by atoms with Crippen molar-refractivity contribution in [3.63, 3.8) is 0 Å². The third-order valence-electron chi connectivity index (χ3n) is 4.93. The van der Waals surface area contributed by atoms with Crippen molar-refractivity contribution < 1.29 is 17.9 Å². The summed E-state index contributed by atoms with van der Waals surface area (Å²) in [7, 11) is -3.57. The van der Waals surface area contributed by atoms with Crippen LogP contribution in [0.5, 0.6) is 5.75 Å². The van der Waals surface area contributed by atoms with Gasteiger partial charge in [0.05, 0.1) is 10.9 Å². The van der Waals surface area contributed by atoms with Crippen molar-refractivity contribution in [3.8, 4) is 5.75 Å². The molecule has 0 saturated carbocycles. The van der Waals surface area contributed by atoms with Gasteiger partial charge in [-0.1, -0.05) is 12.1 Å². The van der Waals surface area contributed by atoms with Gasteiger partial charge in [-0.2, -0.15) is 0 Å². The highest BCUT2D eigenvalue weighted by atomic mass is 32.2. The monoisotopic (exact) mass is 432 g/mol. The molecule has 1 amide bonds. The van der Waals surface area contributed by atoms with E-state index in [2.05, 4.69) is 36.0 Å². The Balaban J connectivity index is 2.02. The summed E-state index contributed by atoms with van der Waals surface area (Å²) in [6, 6.07) is 8.48. The molecule has 7 heteroatoms. The van der Waals surface area contributed by atoms with Gasteiger partial charge >= 0.3 is 0 Å². The van der Waals surface area contributed by atoms with Crippen LogP contribution >= 0.6 is 0 Å². The number of hydrogen-bond donors (Lipinski definition) is 2. The summed E-state index contributed by atoms with van der Waals surface area (Å²) in [6.07, 6.45) is 0. The Morgan fingerprint density at radius 3 is 2.17 bits per heavy atom. The Hall–Kier alpha value is -2.38. The standard InChI is InChI=1S/C23H32N2O4S/c1-14(2)25-30(27,28)20-8-9-22(18(6)11-20)29-13-23(26)24-19(7)21-12-16(4)15(3)10-17(21)5/h8-12,14,19,25H,13H2,1-7H3,(H,24,26)/t19-/m1/s1. The van der Waals surface area contributed by atoms with Gasteiger partial charge in [0.25, 0.3) is 5.91 Å². The Morgan fingerprint density at radius 2 is 1.57 bits per heavy atom. The molecule has 0 bridgehead atoms. The first-order chi connectivity index (χ1) is 13.9. The highest BCUT2D eigenvalue weighted by Crippen LogP contribution is 2.23. The molecule has 0 aliphatic rings. The molecule has 0 aliphatic heterocycles. The zero-order valence-electron chi connectivity index (χ0n) is 18.8. The molecule has 0 unspecified atom stereocenters. The first kappa shape index (κ1) is 23.9. The maximum atomic E-state index is 12.4. The number of carbonyl (C=O) groups excluding carboxylic acids is 1. The zero-order valence-corrected chi connectivity index (χ0v) is 19.6. The lowest BCUT2D eigenvalue weighted by molar-refractivity contribution is -0.123. The van der Waals surface area contributed by atoms with E-state index in [4.69, 9.17) is 4.74 Å². The van der Waals surface area contributed by atoms with Crippen LogP contribution in [-0.2, 0) is 14.8 Å². The van der Waals surface area contributed by atoms with Crippen molar-refractivity contribution in [2.24, 2.45) is 0 Å². The lowest BCUT2D eigenvalue weighted by Gasteiger charge is -2.19. The number of rotatable bonds is 8. The van der Waals surface area contributed by atoms with Crippen LogP contribution in [-0.4, -0.2) is 27.0 Å². The average Bonchev–Trinajstić information content (AvgIpc) is 2.62. The second kappa shape index (κ2) is 9.62. The average molecular weight is 433 g/mol. The predicted octanol–water partition coefficient (Wildman–Crippen LogP) is 3.86. The molecule has 2 aromatic carbocycles. The summed E-state index contributed by atoms with van der Waals surface area (Å²) in [5.41, 5.74) is 5.27. The largest absolute Gasteiger partial charge is 0.484 e. The highest BCUT2D eigenvalue weighted by molar-refractivity contribution is 7.89. The van der Waals surface area contributed by atoms with E-state index in [1.807, 2.05) is 13.8 Å².